The molecule has 7 nitrogen and oxygen atoms in total. The van der Waals surface area contributed by atoms with Gasteiger partial charge in [0.2, 0.25) is 5.91 Å². The maximum Gasteiger partial charge on any atom is 0.410 e. The average molecular weight is 486 g/mol. The van der Waals surface area contributed by atoms with E-state index in [0.717, 1.165) is 63.8 Å². The van der Waals surface area contributed by atoms with Crippen molar-refractivity contribution in [1.82, 2.24) is 14.7 Å². The predicted molar refractivity (Wildman–Crippen MR) is 136 cm³/mol. The zero-order valence-electron chi connectivity index (χ0n) is 21.3. The highest BCUT2D eigenvalue weighted by molar-refractivity contribution is 5.79. The number of rotatable bonds is 4. The second-order valence-electron chi connectivity index (χ2n) is 10.5. The Labute approximate surface area is 210 Å². The van der Waals surface area contributed by atoms with Crippen molar-refractivity contribution in [2.24, 2.45) is 5.92 Å². The quantitative estimate of drug-likeness (QED) is 0.697. The smallest absolute Gasteiger partial charge is 0.410 e. The Kier molecular flexibility index (Phi) is 9.44. The molecule has 0 spiro atoms. The fourth-order valence-corrected chi connectivity index (χ4v) is 6.53. The minimum absolute atomic E-state index is 0.194. The normalized spacial score (nSPS) is 26.2. The highest BCUT2D eigenvalue weighted by Crippen LogP contribution is 2.39. The van der Waals surface area contributed by atoms with Crippen LogP contribution in [-0.4, -0.2) is 82.7 Å². The van der Waals surface area contributed by atoms with Crippen molar-refractivity contribution in [3.05, 3.63) is 35.9 Å². The summed E-state index contributed by atoms with van der Waals surface area (Å²) < 4.78 is 5.51. The lowest BCUT2D eigenvalue weighted by Gasteiger charge is -2.45. The lowest BCUT2D eigenvalue weighted by atomic mass is 9.84. The number of carbonyl (C=O) groups is 2. The highest BCUT2D eigenvalue weighted by atomic mass is 16.6. The van der Waals surface area contributed by atoms with Crippen LogP contribution < -0.4 is 0 Å². The topological polar surface area (TPSA) is 73.3 Å². The molecular weight excluding hydrogens is 442 g/mol. The molecule has 7 heteroatoms. The van der Waals surface area contributed by atoms with Gasteiger partial charge in [-0.15, -0.1) is 0 Å². The van der Waals surface area contributed by atoms with Gasteiger partial charge in [0, 0.05) is 57.3 Å². The molecule has 3 aliphatic heterocycles. The Hall–Kier alpha value is -2.12. The third-order valence-corrected chi connectivity index (χ3v) is 8.29. The van der Waals surface area contributed by atoms with Crippen molar-refractivity contribution in [3.8, 4) is 0 Å². The SMILES string of the molecule is CCO.O=C(OCc1ccccc1)N1CCC(N2CCC(N3C(=O)C[C@@H]4CCCC[C@@H]43)CC2)CC1. The fraction of sp³-hybridized carbons (Fsp3) is 0.714. The predicted octanol–water partition coefficient (Wildman–Crippen LogP) is 4.04. The molecule has 0 bridgehead atoms. The van der Waals surface area contributed by atoms with Crippen LogP contribution in [0.2, 0.25) is 0 Å². The van der Waals surface area contributed by atoms with Crippen molar-refractivity contribution in [2.75, 3.05) is 32.8 Å². The van der Waals surface area contributed by atoms with Crippen molar-refractivity contribution in [3.63, 3.8) is 0 Å². The summed E-state index contributed by atoms with van der Waals surface area (Å²) in [4.78, 5) is 32.0. The Balaban J connectivity index is 0.000000917. The molecule has 194 valence electrons. The van der Waals surface area contributed by atoms with E-state index >= 15 is 0 Å². The molecule has 4 fully saturated rings. The van der Waals surface area contributed by atoms with E-state index in [1.165, 1.54) is 25.7 Å². The van der Waals surface area contributed by atoms with Gasteiger partial charge in [-0.1, -0.05) is 43.2 Å². The maximum atomic E-state index is 12.7. The van der Waals surface area contributed by atoms with Gasteiger partial charge < -0.3 is 24.5 Å². The van der Waals surface area contributed by atoms with Crippen molar-refractivity contribution < 1.29 is 19.4 Å². The Morgan fingerprint density at radius 1 is 0.943 bits per heavy atom. The molecule has 3 heterocycles. The van der Waals surface area contributed by atoms with Crippen LogP contribution in [0.1, 0.15) is 70.3 Å². The summed E-state index contributed by atoms with van der Waals surface area (Å²) in [7, 11) is 0. The van der Waals surface area contributed by atoms with Crippen LogP contribution in [0.5, 0.6) is 0 Å². The van der Waals surface area contributed by atoms with Gasteiger partial charge in [0.1, 0.15) is 6.61 Å². The minimum Gasteiger partial charge on any atom is -0.445 e. The van der Waals surface area contributed by atoms with Crippen LogP contribution in [0.3, 0.4) is 0 Å². The van der Waals surface area contributed by atoms with E-state index in [2.05, 4.69) is 9.80 Å². The molecule has 1 saturated carbocycles. The highest BCUT2D eigenvalue weighted by Gasteiger charge is 2.44. The first-order valence-electron chi connectivity index (χ1n) is 13.7. The zero-order chi connectivity index (χ0) is 24.6. The van der Waals surface area contributed by atoms with Gasteiger partial charge in [0.25, 0.3) is 0 Å². The molecule has 1 aromatic rings. The summed E-state index contributed by atoms with van der Waals surface area (Å²) in [6.07, 6.45) is 9.90. The molecule has 4 aliphatic rings. The summed E-state index contributed by atoms with van der Waals surface area (Å²) in [6, 6.07) is 11.4. The molecule has 1 aliphatic carbocycles. The van der Waals surface area contributed by atoms with Crippen molar-refractivity contribution in [1.29, 1.82) is 0 Å². The first-order valence-corrected chi connectivity index (χ1v) is 13.7. The largest absolute Gasteiger partial charge is 0.445 e. The van der Waals surface area contributed by atoms with Gasteiger partial charge >= 0.3 is 6.09 Å². The van der Waals surface area contributed by atoms with E-state index in [1.807, 2.05) is 35.2 Å². The number of piperidine rings is 2. The van der Waals surface area contributed by atoms with Crippen molar-refractivity contribution >= 4 is 12.0 Å². The van der Waals surface area contributed by atoms with E-state index in [0.29, 0.717) is 36.6 Å². The number of fused-ring (bicyclic) bond motifs is 1. The van der Waals surface area contributed by atoms with Gasteiger partial charge in [0.15, 0.2) is 0 Å². The molecule has 0 aromatic heterocycles. The molecule has 1 N–H and O–H groups in total. The van der Waals surface area contributed by atoms with E-state index in [4.69, 9.17) is 9.84 Å². The first-order chi connectivity index (χ1) is 17.1. The number of aliphatic hydroxyl groups is 1. The lowest BCUT2D eigenvalue weighted by molar-refractivity contribution is -0.132. The number of hydrogen-bond acceptors (Lipinski definition) is 5. The molecule has 0 radical (unpaired) electrons. The zero-order valence-corrected chi connectivity index (χ0v) is 21.3. The molecule has 2 amide bonds. The minimum atomic E-state index is -0.194. The third-order valence-electron chi connectivity index (χ3n) is 8.29. The van der Waals surface area contributed by atoms with Crippen LogP contribution in [-0.2, 0) is 16.1 Å². The number of nitrogens with zero attached hydrogens (tertiary/aromatic N) is 3. The van der Waals surface area contributed by atoms with Gasteiger partial charge in [-0.25, -0.2) is 4.79 Å². The van der Waals surface area contributed by atoms with Crippen LogP contribution in [0.4, 0.5) is 4.79 Å². The molecule has 35 heavy (non-hydrogen) atoms. The molecular formula is C28H43N3O4. The number of hydrogen-bond donors (Lipinski definition) is 1. The first kappa shape index (κ1) is 26.0. The van der Waals surface area contributed by atoms with E-state index in [9.17, 15) is 9.59 Å². The summed E-state index contributed by atoms with van der Waals surface area (Å²) in [5.74, 6) is 1.04. The van der Waals surface area contributed by atoms with Crippen molar-refractivity contribution in [2.45, 2.75) is 89.4 Å². The molecule has 2 atom stereocenters. The number of ether oxygens (including phenoxy) is 1. The standard InChI is InChI=1S/C26H37N3O3.C2H6O/c30-25-18-21-8-4-5-9-24(21)29(25)23-12-14-27(15-13-23)22-10-16-28(17-11-22)26(31)32-19-20-6-2-1-3-7-20;1-2-3/h1-3,6-7,21-24H,4-5,8-19H2;3H,2H2,1H3/t21-,24-;/m0./s1. The number of aliphatic hydroxyl groups excluding tert-OH is 1. The summed E-state index contributed by atoms with van der Waals surface area (Å²) >= 11 is 0. The van der Waals surface area contributed by atoms with E-state index in [-0.39, 0.29) is 12.7 Å². The Morgan fingerprint density at radius 3 is 2.26 bits per heavy atom. The molecule has 5 rings (SSSR count). The second-order valence-corrected chi connectivity index (χ2v) is 10.5. The van der Waals surface area contributed by atoms with Crippen LogP contribution in [0.25, 0.3) is 0 Å². The molecule has 1 aromatic carbocycles. The third kappa shape index (κ3) is 6.56. The second kappa shape index (κ2) is 12.7. The summed E-state index contributed by atoms with van der Waals surface area (Å²) in [5.41, 5.74) is 1.02. The maximum absolute atomic E-state index is 12.7. The number of likely N-dealkylation sites (tertiary alicyclic amines) is 3. The van der Waals surface area contributed by atoms with Gasteiger partial charge in [0.05, 0.1) is 0 Å². The molecule has 0 unspecified atom stereocenters. The lowest BCUT2D eigenvalue weighted by Crippen LogP contribution is -2.53. The Morgan fingerprint density at radius 2 is 1.57 bits per heavy atom. The van der Waals surface area contributed by atoms with Gasteiger partial charge in [-0.05, 0) is 56.9 Å². The number of benzene rings is 1. The Bertz CT molecular complexity index is 804. The molecule has 3 saturated heterocycles. The van der Waals surface area contributed by atoms with Gasteiger partial charge in [-0.2, -0.15) is 0 Å². The van der Waals surface area contributed by atoms with Crippen LogP contribution in [0, 0.1) is 5.92 Å². The fourth-order valence-electron chi connectivity index (χ4n) is 6.53. The van der Waals surface area contributed by atoms with Crippen LogP contribution >= 0.6 is 0 Å². The number of carbonyl (C=O) groups excluding carboxylic acids is 2. The van der Waals surface area contributed by atoms with Gasteiger partial charge in [-0.3, -0.25) is 4.79 Å². The monoisotopic (exact) mass is 485 g/mol. The summed E-state index contributed by atoms with van der Waals surface area (Å²) in [5, 5.41) is 7.57. The summed E-state index contributed by atoms with van der Waals surface area (Å²) in [6.45, 7) is 5.97. The average Bonchev–Trinajstić information content (AvgIpc) is 3.24. The van der Waals surface area contributed by atoms with E-state index in [1.54, 1.807) is 6.92 Å². The number of amides is 2. The van der Waals surface area contributed by atoms with Crippen LogP contribution in [0.15, 0.2) is 30.3 Å². The van der Waals surface area contributed by atoms with E-state index < -0.39 is 0 Å².